The summed E-state index contributed by atoms with van der Waals surface area (Å²) in [5, 5.41) is 3.33. The second-order valence-corrected chi connectivity index (χ2v) is 5.43. The standard InChI is InChI=1S/C16H25N3O/c1-3-5-11-19(13-6-7-13)16(20)14-12-17-10-8-15(14)18-9-4-2/h8,10,12-13H,3-7,9,11H2,1-2H3,(H,17,18). The molecule has 0 unspecified atom stereocenters. The third-order valence-electron chi connectivity index (χ3n) is 3.62. The number of aromatic nitrogens is 1. The zero-order valence-corrected chi connectivity index (χ0v) is 12.6. The van der Waals surface area contributed by atoms with Gasteiger partial charge in [0.2, 0.25) is 0 Å². The van der Waals surface area contributed by atoms with Crippen molar-refractivity contribution in [2.45, 2.75) is 52.0 Å². The molecule has 2 rings (SSSR count). The summed E-state index contributed by atoms with van der Waals surface area (Å²) in [6.07, 6.45) is 8.95. The number of carbonyl (C=O) groups is 1. The van der Waals surface area contributed by atoms with E-state index in [0.717, 1.165) is 50.9 Å². The van der Waals surface area contributed by atoms with Gasteiger partial charge in [0, 0.05) is 31.5 Å². The number of pyridine rings is 1. The molecule has 1 aliphatic rings. The molecule has 0 atom stereocenters. The van der Waals surface area contributed by atoms with Gasteiger partial charge in [0.15, 0.2) is 0 Å². The number of amides is 1. The molecule has 20 heavy (non-hydrogen) atoms. The number of hydrogen-bond acceptors (Lipinski definition) is 3. The van der Waals surface area contributed by atoms with Crippen molar-refractivity contribution in [3.63, 3.8) is 0 Å². The van der Waals surface area contributed by atoms with Crippen molar-refractivity contribution in [3.05, 3.63) is 24.0 Å². The zero-order valence-electron chi connectivity index (χ0n) is 12.6. The fourth-order valence-corrected chi connectivity index (χ4v) is 2.30. The van der Waals surface area contributed by atoms with Gasteiger partial charge in [-0.05, 0) is 31.7 Å². The maximum absolute atomic E-state index is 12.8. The second kappa shape index (κ2) is 7.27. The van der Waals surface area contributed by atoms with Crippen LogP contribution in [0.2, 0.25) is 0 Å². The highest BCUT2D eigenvalue weighted by molar-refractivity contribution is 5.99. The van der Waals surface area contributed by atoms with Gasteiger partial charge < -0.3 is 10.2 Å². The summed E-state index contributed by atoms with van der Waals surface area (Å²) in [5.41, 5.74) is 1.62. The summed E-state index contributed by atoms with van der Waals surface area (Å²) >= 11 is 0. The van der Waals surface area contributed by atoms with Crippen molar-refractivity contribution in [2.24, 2.45) is 0 Å². The van der Waals surface area contributed by atoms with Crippen molar-refractivity contribution >= 4 is 11.6 Å². The molecule has 1 aromatic heterocycles. The summed E-state index contributed by atoms with van der Waals surface area (Å²) in [7, 11) is 0. The molecule has 0 aliphatic heterocycles. The van der Waals surface area contributed by atoms with Gasteiger partial charge in [-0.15, -0.1) is 0 Å². The van der Waals surface area contributed by atoms with E-state index in [-0.39, 0.29) is 5.91 Å². The molecule has 0 radical (unpaired) electrons. The highest BCUT2D eigenvalue weighted by Gasteiger charge is 2.33. The zero-order chi connectivity index (χ0) is 14.4. The SMILES string of the molecule is CCCCN(C(=O)c1cnccc1NCCC)C1CC1. The Bertz CT molecular complexity index is 443. The molecule has 1 aliphatic carbocycles. The van der Waals surface area contributed by atoms with E-state index >= 15 is 0 Å². The molecule has 1 saturated carbocycles. The smallest absolute Gasteiger partial charge is 0.257 e. The van der Waals surface area contributed by atoms with Gasteiger partial charge in [-0.25, -0.2) is 0 Å². The average molecular weight is 275 g/mol. The summed E-state index contributed by atoms with van der Waals surface area (Å²) < 4.78 is 0. The fourth-order valence-electron chi connectivity index (χ4n) is 2.30. The van der Waals surface area contributed by atoms with Crippen molar-refractivity contribution in [2.75, 3.05) is 18.4 Å². The van der Waals surface area contributed by atoms with E-state index in [0.29, 0.717) is 11.6 Å². The van der Waals surface area contributed by atoms with Crippen molar-refractivity contribution in [1.82, 2.24) is 9.88 Å². The van der Waals surface area contributed by atoms with Gasteiger partial charge in [-0.1, -0.05) is 20.3 Å². The maximum Gasteiger partial charge on any atom is 0.257 e. The number of unbranched alkanes of at least 4 members (excludes halogenated alkanes) is 1. The Kier molecular flexibility index (Phi) is 5.39. The van der Waals surface area contributed by atoms with Gasteiger partial charge >= 0.3 is 0 Å². The average Bonchev–Trinajstić information content (AvgIpc) is 3.30. The van der Waals surface area contributed by atoms with Crippen LogP contribution >= 0.6 is 0 Å². The third kappa shape index (κ3) is 3.71. The number of nitrogens with one attached hydrogen (secondary N) is 1. The molecule has 4 heteroatoms. The summed E-state index contributed by atoms with van der Waals surface area (Å²) in [5.74, 6) is 0.132. The topological polar surface area (TPSA) is 45.2 Å². The van der Waals surface area contributed by atoms with Crippen LogP contribution in [0, 0.1) is 0 Å². The van der Waals surface area contributed by atoms with Gasteiger partial charge in [0.25, 0.3) is 5.91 Å². The first-order chi connectivity index (χ1) is 9.77. The van der Waals surface area contributed by atoms with E-state index in [2.05, 4.69) is 24.1 Å². The Morgan fingerprint density at radius 1 is 1.40 bits per heavy atom. The van der Waals surface area contributed by atoms with Crippen LogP contribution in [0.5, 0.6) is 0 Å². The second-order valence-electron chi connectivity index (χ2n) is 5.43. The highest BCUT2D eigenvalue weighted by Crippen LogP contribution is 2.29. The molecule has 0 bridgehead atoms. The van der Waals surface area contributed by atoms with Crippen LogP contribution in [0.4, 0.5) is 5.69 Å². The first-order valence-electron chi connectivity index (χ1n) is 7.76. The predicted molar refractivity (Wildman–Crippen MR) is 82.0 cm³/mol. The molecule has 1 N–H and O–H groups in total. The van der Waals surface area contributed by atoms with E-state index in [1.165, 1.54) is 0 Å². The minimum Gasteiger partial charge on any atom is -0.384 e. The Hall–Kier alpha value is -1.58. The van der Waals surface area contributed by atoms with Crippen molar-refractivity contribution < 1.29 is 4.79 Å². The Balaban J connectivity index is 2.13. The number of nitrogens with zero attached hydrogens (tertiary/aromatic N) is 2. The van der Waals surface area contributed by atoms with E-state index in [1.54, 1.807) is 12.4 Å². The van der Waals surface area contributed by atoms with E-state index < -0.39 is 0 Å². The quantitative estimate of drug-likeness (QED) is 0.791. The lowest BCUT2D eigenvalue weighted by Crippen LogP contribution is -2.34. The molecule has 4 nitrogen and oxygen atoms in total. The minimum atomic E-state index is 0.132. The van der Waals surface area contributed by atoms with Gasteiger partial charge in [-0.3, -0.25) is 9.78 Å². The number of carbonyl (C=O) groups excluding carboxylic acids is 1. The Morgan fingerprint density at radius 2 is 2.20 bits per heavy atom. The lowest BCUT2D eigenvalue weighted by atomic mass is 10.2. The number of anilines is 1. The molecular weight excluding hydrogens is 250 g/mol. The first kappa shape index (κ1) is 14.8. The predicted octanol–water partition coefficient (Wildman–Crippen LogP) is 3.31. The van der Waals surface area contributed by atoms with Crippen molar-refractivity contribution in [3.8, 4) is 0 Å². The summed E-state index contributed by atoms with van der Waals surface area (Å²) in [6, 6.07) is 2.35. The maximum atomic E-state index is 12.8. The van der Waals surface area contributed by atoms with Gasteiger partial charge in [-0.2, -0.15) is 0 Å². The molecule has 1 heterocycles. The molecule has 0 aromatic carbocycles. The summed E-state index contributed by atoms with van der Waals surface area (Å²) in [4.78, 5) is 18.9. The monoisotopic (exact) mass is 275 g/mol. The molecule has 1 fully saturated rings. The molecule has 1 amide bonds. The normalized spacial score (nSPS) is 14.1. The number of rotatable bonds is 8. The highest BCUT2D eigenvalue weighted by atomic mass is 16.2. The third-order valence-corrected chi connectivity index (χ3v) is 3.62. The van der Waals surface area contributed by atoms with Gasteiger partial charge in [0.05, 0.1) is 11.3 Å². The Morgan fingerprint density at radius 3 is 2.85 bits per heavy atom. The largest absolute Gasteiger partial charge is 0.384 e. The fraction of sp³-hybridized carbons (Fsp3) is 0.625. The lowest BCUT2D eigenvalue weighted by Gasteiger charge is -2.23. The Labute approximate surface area is 121 Å². The molecule has 0 spiro atoms. The summed E-state index contributed by atoms with van der Waals surface area (Å²) in [6.45, 7) is 6.02. The molecular formula is C16H25N3O. The van der Waals surface area contributed by atoms with Crippen LogP contribution in [-0.4, -0.2) is 34.9 Å². The van der Waals surface area contributed by atoms with E-state index in [1.807, 2.05) is 11.0 Å². The van der Waals surface area contributed by atoms with Gasteiger partial charge in [0.1, 0.15) is 0 Å². The minimum absolute atomic E-state index is 0.132. The van der Waals surface area contributed by atoms with Crippen LogP contribution in [0.3, 0.4) is 0 Å². The molecule has 1 aromatic rings. The van der Waals surface area contributed by atoms with E-state index in [4.69, 9.17) is 0 Å². The lowest BCUT2D eigenvalue weighted by molar-refractivity contribution is 0.0741. The molecule has 110 valence electrons. The van der Waals surface area contributed by atoms with Crippen LogP contribution in [0.25, 0.3) is 0 Å². The molecule has 0 saturated heterocycles. The van der Waals surface area contributed by atoms with Crippen LogP contribution in [0.15, 0.2) is 18.5 Å². The number of hydrogen-bond donors (Lipinski definition) is 1. The van der Waals surface area contributed by atoms with Crippen molar-refractivity contribution in [1.29, 1.82) is 0 Å². The van der Waals surface area contributed by atoms with E-state index in [9.17, 15) is 4.79 Å². The van der Waals surface area contributed by atoms with Crippen LogP contribution < -0.4 is 5.32 Å². The first-order valence-corrected chi connectivity index (χ1v) is 7.76. The van der Waals surface area contributed by atoms with Crippen LogP contribution in [-0.2, 0) is 0 Å². The van der Waals surface area contributed by atoms with Crippen LogP contribution in [0.1, 0.15) is 56.3 Å².